The lowest BCUT2D eigenvalue weighted by Gasteiger charge is -2.31. The maximum atomic E-state index is 15.4. The molecular weight excluding hydrogens is 531 g/mol. The fraction of sp³-hybridized carbons (Fsp3) is 0.265. The molecule has 2 aromatic heterocycles. The monoisotopic (exact) mass is 562 g/mol. The van der Waals surface area contributed by atoms with Crippen LogP contribution in [0, 0.1) is 11.9 Å². The normalized spacial score (nSPS) is 18.4. The topological polar surface area (TPSA) is 85.9 Å². The van der Waals surface area contributed by atoms with E-state index in [4.69, 9.17) is 4.74 Å². The highest BCUT2D eigenvalue weighted by atomic mass is 19.1. The second-order valence-electron chi connectivity index (χ2n) is 11.0. The van der Waals surface area contributed by atoms with Crippen LogP contribution in [0.15, 0.2) is 82.1 Å². The lowest BCUT2D eigenvalue weighted by Crippen LogP contribution is -2.19. The van der Waals surface area contributed by atoms with E-state index in [0.29, 0.717) is 23.7 Å². The van der Waals surface area contributed by atoms with Crippen molar-refractivity contribution in [2.45, 2.75) is 44.8 Å². The van der Waals surface area contributed by atoms with Gasteiger partial charge in [-0.05, 0) is 89.6 Å². The smallest absolute Gasteiger partial charge is 0.356 e. The van der Waals surface area contributed by atoms with Gasteiger partial charge in [0.15, 0.2) is 12.1 Å². The van der Waals surface area contributed by atoms with Gasteiger partial charge in [-0.3, -0.25) is 9.51 Å². The third kappa shape index (κ3) is 5.14. The Morgan fingerprint density at radius 1 is 0.905 bits per heavy atom. The van der Waals surface area contributed by atoms with Gasteiger partial charge in [0.2, 0.25) is 5.95 Å². The Labute approximate surface area is 242 Å². The molecule has 0 bridgehead atoms. The van der Waals surface area contributed by atoms with Crippen molar-refractivity contribution in [2.75, 3.05) is 6.61 Å². The summed E-state index contributed by atoms with van der Waals surface area (Å²) in [6, 6.07) is 24.8. The molecule has 1 aliphatic heterocycles. The van der Waals surface area contributed by atoms with Crippen LogP contribution in [0.1, 0.15) is 72.8 Å². The summed E-state index contributed by atoms with van der Waals surface area (Å²) in [5.74, 6) is -0.286. The molecule has 2 fully saturated rings. The lowest BCUT2D eigenvalue weighted by molar-refractivity contribution is -0.0375. The zero-order valence-electron chi connectivity index (χ0n) is 23.1. The molecule has 0 amide bonds. The van der Waals surface area contributed by atoms with E-state index in [0.717, 1.165) is 59.9 Å². The average Bonchev–Trinajstić information content (AvgIpc) is 3.58. The molecule has 1 aliphatic carbocycles. The van der Waals surface area contributed by atoms with Gasteiger partial charge < -0.3 is 4.74 Å². The number of nitrogens with one attached hydrogen (secondary N) is 1. The van der Waals surface area contributed by atoms with Gasteiger partial charge in [0.25, 0.3) is 0 Å². The summed E-state index contributed by atoms with van der Waals surface area (Å²) < 4.78 is 27.6. The molecule has 1 atom stereocenters. The third-order valence-corrected chi connectivity index (χ3v) is 8.34. The summed E-state index contributed by atoms with van der Waals surface area (Å²) in [6.45, 7) is 0.669. The van der Waals surface area contributed by atoms with Crippen LogP contribution in [0.2, 0.25) is 0 Å². The van der Waals surface area contributed by atoms with Crippen LogP contribution in [0.3, 0.4) is 0 Å². The Morgan fingerprint density at radius 2 is 1.71 bits per heavy atom. The van der Waals surface area contributed by atoms with E-state index in [9.17, 15) is 4.79 Å². The van der Waals surface area contributed by atoms with Crippen LogP contribution in [0.5, 0.6) is 0 Å². The number of rotatable bonds is 7. The molecule has 1 saturated carbocycles. The first-order valence-corrected chi connectivity index (χ1v) is 14.6. The fourth-order valence-corrected chi connectivity index (χ4v) is 6.02. The number of H-pyrrole nitrogens is 1. The average molecular weight is 563 g/mol. The van der Waals surface area contributed by atoms with Gasteiger partial charge in [0.1, 0.15) is 0 Å². The molecule has 7 rings (SSSR count). The van der Waals surface area contributed by atoms with Crippen molar-refractivity contribution in [3.8, 4) is 0 Å². The second kappa shape index (κ2) is 11.4. The minimum absolute atomic E-state index is 0.239. The molecule has 0 radical (unpaired) electrons. The quantitative estimate of drug-likeness (QED) is 0.208. The van der Waals surface area contributed by atoms with Crippen LogP contribution in [-0.4, -0.2) is 26.5 Å². The molecule has 1 saturated heterocycles. The number of allylic oxidation sites excluding steroid dienone is 1. The van der Waals surface area contributed by atoms with Gasteiger partial charge in [-0.15, -0.1) is 5.10 Å². The highest BCUT2D eigenvalue weighted by molar-refractivity contribution is 6.01. The number of fused-ring (bicyclic) bond motifs is 1. The molecule has 2 aliphatic rings. The predicted octanol–water partition coefficient (Wildman–Crippen LogP) is 7.48. The number of halogens is 1. The number of nitrogens with zero attached hydrogens (tertiary/aromatic N) is 3. The second-order valence-corrected chi connectivity index (χ2v) is 11.0. The summed E-state index contributed by atoms with van der Waals surface area (Å²) >= 11 is 0. The highest BCUT2D eigenvalue weighted by Gasteiger charge is 2.28. The Hall–Kier alpha value is -4.56. The van der Waals surface area contributed by atoms with Crippen molar-refractivity contribution in [1.82, 2.24) is 19.9 Å². The molecule has 7 nitrogen and oxygen atoms in total. The van der Waals surface area contributed by atoms with E-state index in [2.05, 4.69) is 62.2 Å². The first-order chi connectivity index (χ1) is 20.6. The van der Waals surface area contributed by atoms with Crippen molar-refractivity contribution in [1.29, 1.82) is 0 Å². The molecule has 1 unspecified atom stereocenters. The van der Waals surface area contributed by atoms with Crippen molar-refractivity contribution in [2.24, 2.45) is 5.92 Å². The maximum absolute atomic E-state index is 15.4. The molecule has 3 heterocycles. The van der Waals surface area contributed by atoms with Crippen LogP contribution in [-0.2, 0) is 4.74 Å². The minimum atomic E-state index is -0.588. The molecule has 3 aromatic carbocycles. The van der Waals surface area contributed by atoms with E-state index in [1.807, 2.05) is 36.4 Å². The molecule has 1 N–H and O–H groups in total. The number of benzene rings is 3. The number of hydrogen-bond donors (Lipinski definition) is 1. The van der Waals surface area contributed by atoms with Gasteiger partial charge in [0, 0.05) is 6.61 Å². The van der Waals surface area contributed by atoms with Gasteiger partial charge >= 0.3 is 5.76 Å². The predicted molar refractivity (Wildman–Crippen MR) is 161 cm³/mol. The first-order valence-electron chi connectivity index (χ1n) is 14.6. The van der Waals surface area contributed by atoms with Crippen LogP contribution in [0.4, 0.5) is 4.39 Å². The van der Waals surface area contributed by atoms with E-state index in [1.165, 1.54) is 17.6 Å². The van der Waals surface area contributed by atoms with Gasteiger partial charge in [0.05, 0.1) is 10.9 Å². The Balaban J connectivity index is 1.35. The van der Waals surface area contributed by atoms with E-state index in [-0.39, 0.29) is 6.23 Å². The zero-order valence-corrected chi connectivity index (χ0v) is 23.1. The first kappa shape index (κ1) is 26.3. The Bertz CT molecular complexity index is 1820. The third-order valence-electron chi connectivity index (χ3n) is 8.34. The summed E-state index contributed by atoms with van der Waals surface area (Å²) in [7, 11) is 0. The standard InChI is InChI=1S/C34H31FN4O3/c35-33-27-21-26(17-18-28(27)39(37-33)30-11-4-5-20-41-30)32(31(24-9-6-10-24)23-7-2-1-3-8-23)25-15-12-22(13-16-25)14-19-29-36-34(40)42-38-29/h1-3,7-8,12-19,21,24,30H,4-6,9-11,20H2,(H,36,38,40)/b19-14?,32-31-. The van der Waals surface area contributed by atoms with Crippen molar-refractivity contribution < 1.29 is 13.7 Å². The highest BCUT2D eigenvalue weighted by Crippen LogP contribution is 2.45. The van der Waals surface area contributed by atoms with E-state index < -0.39 is 11.7 Å². The summed E-state index contributed by atoms with van der Waals surface area (Å²) in [6.07, 6.45) is 9.67. The summed E-state index contributed by atoms with van der Waals surface area (Å²) in [5.41, 5.74) is 7.28. The molecule has 5 aromatic rings. The summed E-state index contributed by atoms with van der Waals surface area (Å²) in [5, 5.41) is 8.47. The Kier molecular flexibility index (Phi) is 7.13. The lowest BCUT2D eigenvalue weighted by atomic mass is 9.73. The van der Waals surface area contributed by atoms with Crippen molar-refractivity contribution in [3.63, 3.8) is 0 Å². The van der Waals surface area contributed by atoms with Crippen LogP contribution < -0.4 is 5.76 Å². The molecule has 8 heteroatoms. The van der Waals surface area contributed by atoms with Gasteiger partial charge in [-0.25, -0.2) is 9.48 Å². The number of ether oxygens (including phenoxy) is 1. The van der Waals surface area contributed by atoms with Gasteiger partial charge in [-0.1, -0.05) is 78.3 Å². The fourth-order valence-electron chi connectivity index (χ4n) is 6.02. The molecule has 42 heavy (non-hydrogen) atoms. The zero-order chi connectivity index (χ0) is 28.5. The molecule has 0 spiro atoms. The maximum Gasteiger partial charge on any atom is 0.439 e. The SMILES string of the molecule is O=c1[nH]c(C=Cc2ccc(/C(=C(\c3ccccc3)C3CCC3)c3ccc4c(c3)c(F)nn4C3CCCCO3)cc2)no1. The summed E-state index contributed by atoms with van der Waals surface area (Å²) in [4.78, 5) is 13.8. The number of aromatic amines is 1. The van der Waals surface area contributed by atoms with E-state index >= 15 is 4.39 Å². The Morgan fingerprint density at radius 3 is 2.40 bits per heavy atom. The largest absolute Gasteiger partial charge is 0.439 e. The van der Waals surface area contributed by atoms with Crippen molar-refractivity contribution in [3.05, 3.63) is 117 Å². The van der Waals surface area contributed by atoms with Crippen molar-refractivity contribution >= 4 is 34.2 Å². The van der Waals surface area contributed by atoms with E-state index in [1.54, 1.807) is 10.8 Å². The minimum Gasteiger partial charge on any atom is -0.356 e. The molecule has 212 valence electrons. The number of hydrogen-bond acceptors (Lipinski definition) is 5. The van der Waals surface area contributed by atoms with Crippen LogP contribution >= 0.6 is 0 Å². The van der Waals surface area contributed by atoms with Crippen LogP contribution in [0.25, 0.3) is 34.2 Å². The van der Waals surface area contributed by atoms with Gasteiger partial charge in [-0.2, -0.15) is 4.39 Å². The number of aromatic nitrogens is 4. The molecular formula is C34H31FN4O3.